The number of benzene rings is 3. The summed E-state index contributed by atoms with van der Waals surface area (Å²) in [5, 5.41) is 0.362. The van der Waals surface area contributed by atoms with E-state index in [1.165, 1.54) is 5.69 Å². The zero-order chi connectivity index (χ0) is 20.8. The molecule has 0 atom stereocenters. The van der Waals surface area contributed by atoms with E-state index >= 15 is 0 Å². The van der Waals surface area contributed by atoms with Crippen LogP contribution in [0.15, 0.2) is 77.8 Å². The van der Waals surface area contributed by atoms with Crippen molar-refractivity contribution in [3.05, 3.63) is 88.9 Å². The van der Waals surface area contributed by atoms with Crippen LogP contribution in [0.3, 0.4) is 0 Å². The van der Waals surface area contributed by atoms with Crippen molar-refractivity contribution in [1.29, 1.82) is 0 Å². The molecule has 1 saturated heterocycles. The van der Waals surface area contributed by atoms with Crippen molar-refractivity contribution in [3.8, 4) is 5.75 Å². The quantitative estimate of drug-likeness (QED) is 0.325. The standard InChI is InChI=1S/C24H21ClN2O3/c25-23-7-2-1-6-22(23)24(28)30-21-5-3-4-18(16-21)17-26-19-8-10-20(11-9-19)27-12-14-29-15-13-27/h1-11,16-17H,12-15H2. The largest absolute Gasteiger partial charge is 0.423 e. The second-order valence-electron chi connectivity index (χ2n) is 6.82. The Bertz CT molecular complexity index is 1040. The molecule has 1 fully saturated rings. The third kappa shape index (κ3) is 5.06. The van der Waals surface area contributed by atoms with Gasteiger partial charge in [-0.25, -0.2) is 4.79 Å². The first-order valence-corrected chi connectivity index (χ1v) is 10.1. The van der Waals surface area contributed by atoms with Gasteiger partial charge in [-0.15, -0.1) is 0 Å². The summed E-state index contributed by atoms with van der Waals surface area (Å²) in [6, 6.07) is 22.1. The lowest BCUT2D eigenvalue weighted by molar-refractivity contribution is 0.0735. The number of halogens is 1. The molecule has 5 nitrogen and oxygen atoms in total. The number of ether oxygens (including phenoxy) is 2. The van der Waals surface area contributed by atoms with Crippen LogP contribution in [0.5, 0.6) is 5.75 Å². The predicted molar refractivity (Wildman–Crippen MR) is 120 cm³/mol. The van der Waals surface area contributed by atoms with Gasteiger partial charge in [0.15, 0.2) is 0 Å². The SMILES string of the molecule is O=C(Oc1cccc(C=Nc2ccc(N3CCOCC3)cc2)c1)c1ccccc1Cl. The van der Waals surface area contributed by atoms with Gasteiger partial charge < -0.3 is 14.4 Å². The van der Waals surface area contributed by atoms with Gasteiger partial charge in [0.05, 0.1) is 29.5 Å². The first kappa shape index (κ1) is 20.1. The van der Waals surface area contributed by atoms with Gasteiger partial charge in [0.2, 0.25) is 0 Å². The molecular weight excluding hydrogens is 400 g/mol. The van der Waals surface area contributed by atoms with Crippen molar-refractivity contribution in [2.75, 3.05) is 31.2 Å². The number of morpholine rings is 1. The lowest BCUT2D eigenvalue weighted by atomic mass is 10.2. The fourth-order valence-corrected chi connectivity index (χ4v) is 3.38. The molecule has 1 aliphatic heterocycles. The highest BCUT2D eigenvalue weighted by Crippen LogP contribution is 2.22. The van der Waals surface area contributed by atoms with Gasteiger partial charge in [0.25, 0.3) is 0 Å². The van der Waals surface area contributed by atoms with E-state index in [0.29, 0.717) is 16.3 Å². The van der Waals surface area contributed by atoms with Crippen LogP contribution >= 0.6 is 11.6 Å². The monoisotopic (exact) mass is 420 g/mol. The average Bonchev–Trinajstić information content (AvgIpc) is 2.79. The van der Waals surface area contributed by atoms with E-state index in [-0.39, 0.29) is 0 Å². The second kappa shape index (κ2) is 9.57. The van der Waals surface area contributed by atoms with Crippen molar-refractivity contribution in [3.63, 3.8) is 0 Å². The van der Waals surface area contributed by atoms with Gasteiger partial charge in [0, 0.05) is 25.0 Å². The molecule has 1 heterocycles. The fourth-order valence-electron chi connectivity index (χ4n) is 3.17. The molecule has 0 aliphatic carbocycles. The van der Waals surface area contributed by atoms with Crippen LogP contribution in [0.1, 0.15) is 15.9 Å². The maximum absolute atomic E-state index is 12.3. The number of hydrogen-bond donors (Lipinski definition) is 0. The molecule has 152 valence electrons. The molecule has 0 radical (unpaired) electrons. The Balaban J connectivity index is 1.42. The second-order valence-corrected chi connectivity index (χ2v) is 7.22. The molecule has 4 rings (SSSR count). The highest BCUT2D eigenvalue weighted by molar-refractivity contribution is 6.33. The Morgan fingerprint density at radius 1 is 1.00 bits per heavy atom. The van der Waals surface area contributed by atoms with Crippen LogP contribution in [-0.2, 0) is 4.74 Å². The highest BCUT2D eigenvalue weighted by Gasteiger charge is 2.12. The number of carbonyl (C=O) groups is 1. The van der Waals surface area contributed by atoms with Gasteiger partial charge in [-0.05, 0) is 54.1 Å². The van der Waals surface area contributed by atoms with E-state index in [4.69, 9.17) is 21.1 Å². The molecule has 0 aromatic heterocycles. The lowest BCUT2D eigenvalue weighted by Crippen LogP contribution is -2.36. The third-order valence-electron chi connectivity index (χ3n) is 4.75. The molecule has 0 spiro atoms. The zero-order valence-electron chi connectivity index (χ0n) is 16.3. The Labute approximate surface area is 180 Å². The van der Waals surface area contributed by atoms with Crippen LogP contribution in [-0.4, -0.2) is 38.5 Å². The molecule has 0 unspecified atom stereocenters. The Morgan fingerprint density at radius 3 is 2.53 bits per heavy atom. The number of hydrogen-bond acceptors (Lipinski definition) is 5. The van der Waals surface area contributed by atoms with Crippen molar-refractivity contribution in [2.45, 2.75) is 0 Å². The molecule has 1 aliphatic rings. The summed E-state index contributed by atoms with van der Waals surface area (Å²) in [4.78, 5) is 19.2. The summed E-state index contributed by atoms with van der Waals surface area (Å²) in [5.41, 5.74) is 3.19. The van der Waals surface area contributed by atoms with E-state index < -0.39 is 5.97 Å². The molecule has 0 saturated carbocycles. The summed E-state index contributed by atoms with van der Waals surface area (Å²) in [6.07, 6.45) is 1.75. The first-order valence-electron chi connectivity index (χ1n) is 9.73. The summed E-state index contributed by atoms with van der Waals surface area (Å²) in [5.74, 6) is -0.0556. The Kier molecular flexibility index (Phi) is 6.42. The molecular formula is C24H21ClN2O3. The smallest absolute Gasteiger partial charge is 0.345 e. The van der Waals surface area contributed by atoms with Crippen molar-refractivity contribution in [2.24, 2.45) is 4.99 Å². The van der Waals surface area contributed by atoms with E-state index in [2.05, 4.69) is 22.0 Å². The van der Waals surface area contributed by atoms with Crippen LogP contribution in [0, 0.1) is 0 Å². The van der Waals surface area contributed by atoms with Gasteiger partial charge in [-0.3, -0.25) is 4.99 Å². The number of rotatable bonds is 5. The van der Waals surface area contributed by atoms with E-state index in [1.807, 2.05) is 24.3 Å². The van der Waals surface area contributed by atoms with E-state index in [0.717, 1.165) is 37.6 Å². The number of anilines is 1. The fraction of sp³-hybridized carbons (Fsp3) is 0.167. The van der Waals surface area contributed by atoms with Gasteiger partial charge in [-0.2, -0.15) is 0 Å². The maximum atomic E-state index is 12.3. The number of esters is 1. The predicted octanol–water partition coefficient (Wildman–Crippen LogP) is 5.15. The zero-order valence-corrected chi connectivity index (χ0v) is 17.1. The molecule has 0 N–H and O–H groups in total. The molecule has 6 heteroatoms. The molecule has 0 amide bonds. The van der Waals surface area contributed by atoms with Gasteiger partial charge in [-0.1, -0.05) is 35.9 Å². The molecule has 3 aromatic rings. The average molecular weight is 421 g/mol. The topological polar surface area (TPSA) is 51.1 Å². The highest BCUT2D eigenvalue weighted by atomic mass is 35.5. The van der Waals surface area contributed by atoms with Crippen LogP contribution in [0.2, 0.25) is 5.02 Å². The summed E-state index contributed by atoms with van der Waals surface area (Å²) < 4.78 is 10.9. The van der Waals surface area contributed by atoms with Gasteiger partial charge in [0.1, 0.15) is 5.75 Å². The van der Waals surface area contributed by atoms with Crippen LogP contribution in [0.25, 0.3) is 0 Å². The number of aliphatic imine (C=N–C) groups is 1. The Hall–Kier alpha value is -3.15. The summed E-state index contributed by atoms with van der Waals surface area (Å²) in [7, 11) is 0. The minimum Gasteiger partial charge on any atom is -0.423 e. The van der Waals surface area contributed by atoms with Crippen molar-refractivity contribution >= 4 is 35.2 Å². The van der Waals surface area contributed by atoms with Crippen LogP contribution in [0.4, 0.5) is 11.4 Å². The summed E-state index contributed by atoms with van der Waals surface area (Å²) in [6.45, 7) is 3.33. The first-order chi connectivity index (χ1) is 14.7. The number of carbonyl (C=O) groups excluding carboxylic acids is 1. The van der Waals surface area contributed by atoms with Crippen molar-refractivity contribution < 1.29 is 14.3 Å². The van der Waals surface area contributed by atoms with Crippen LogP contribution < -0.4 is 9.64 Å². The van der Waals surface area contributed by atoms with E-state index in [9.17, 15) is 4.79 Å². The molecule has 3 aromatic carbocycles. The Morgan fingerprint density at radius 2 is 1.77 bits per heavy atom. The van der Waals surface area contributed by atoms with Crippen molar-refractivity contribution in [1.82, 2.24) is 0 Å². The minimum atomic E-state index is -0.492. The van der Waals surface area contributed by atoms with Gasteiger partial charge >= 0.3 is 5.97 Å². The third-order valence-corrected chi connectivity index (χ3v) is 5.08. The van der Waals surface area contributed by atoms with E-state index in [1.54, 1.807) is 42.6 Å². The minimum absolute atomic E-state index is 0.332. The lowest BCUT2D eigenvalue weighted by Gasteiger charge is -2.28. The summed E-state index contributed by atoms with van der Waals surface area (Å²) >= 11 is 6.06. The number of nitrogens with zero attached hydrogens (tertiary/aromatic N) is 2. The molecule has 30 heavy (non-hydrogen) atoms. The maximum Gasteiger partial charge on any atom is 0.345 e. The molecule has 0 bridgehead atoms. The normalized spacial score (nSPS) is 14.1.